The number of halogens is 3. The number of alkyl halides is 3. The standard InChI is InChI=1S/C12H12F3N5S/c1-2-4-16-10-19-8(12(13,14)15)7-9(20-10)21-11-17-5-3-6-18-11/h3,5-7H,2,4H2,1H3,(H,16,19,20). The highest BCUT2D eigenvalue weighted by Crippen LogP contribution is 2.32. The Hall–Kier alpha value is -1.90. The Morgan fingerprint density at radius 1 is 1.19 bits per heavy atom. The Kier molecular flexibility index (Phi) is 4.94. The topological polar surface area (TPSA) is 63.6 Å². The summed E-state index contributed by atoms with van der Waals surface area (Å²) >= 11 is 0.952. The maximum atomic E-state index is 12.9. The summed E-state index contributed by atoms with van der Waals surface area (Å²) in [6.07, 6.45) is -0.753. The Morgan fingerprint density at radius 3 is 2.52 bits per heavy atom. The van der Waals surface area contributed by atoms with Crippen molar-refractivity contribution in [3.63, 3.8) is 0 Å². The fraction of sp³-hybridized carbons (Fsp3) is 0.333. The molecule has 2 heterocycles. The average Bonchev–Trinajstić information content (AvgIpc) is 2.45. The van der Waals surface area contributed by atoms with Gasteiger partial charge in [-0.25, -0.2) is 19.9 Å². The second kappa shape index (κ2) is 6.70. The first-order valence-electron chi connectivity index (χ1n) is 6.14. The van der Waals surface area contributed by atoms with E-state index < -0.39 is 11.9 Å². The van der Waals surface area contributed by atoms with E-state index in [-0.39, 0.29) is 11.0 Å². The van der Waals surface area contributed by atoms with Crippen LogP contribution in [0.4, 0.5) is 19.1 Å². The van der Waals surface area contributed by atoms with Crippen LogP contribution in [0.15, 0.2) is 34.7 Å². The van der Waals surface area contributed by atoms with Crippen molar-refractivity contribution in [2.24, 2.45) is 0 Å². The lowest BCUT2D eigenvalue weighted by Gasteiger charge is -2.10. The molecule has 0 fully saturated rings. The molecule has 0 atom stereocenters. The van der Waals surface area contributed by atoms with Crippen LogP contribution < -0.4 is 5.32 Å². The van der Waals surface area contributed by atoms with Crippen LogP contribution in [0.5, 0.6) is 0 Å². The summed E-state index contributed by atoms with van der Waals surface area (Å²) in [6, 6.07) is 2.51. The van der Waals surface area contributed by atoms with Gasteiger partial charge in [-0.05, 0) is 24.2 Å². The van der Waals surface area contributed by atoms with Crippen molar-refractivity contribution in [3.8, 4) is 0 Å². The number of aromatic nitrogens is 4. The highest BCUT2D eigenvalue weighted by Gasteiger charge is 2.33. The quantitative estimate of drug-likeness (QED) is 0.675. The summed E-state index contributed by atoms with van der Waals surface area (Å²) in [5, 5.41) is 3.22. The van der Waals surface area contributed by atoms with Crippen LogP contribution in [-0.2, 0) is 6.18 Å². The number of nitrogens with zero attached hydrogens (tertiary/aromatic N) is 4. The minimum atomic E-state index is -4.53. The predicted octanol–water partition coefficient (Wildman–Crippen LogP) is 3.26. The first-order valence-corrected chi connectivity index (χ1v) is 6.95. The molecule has 0 aliphatic heterocycles. The number of hydrogen-bond acceptors (Lipinski definition) is 6. The van der Waals surface area contributed by atoms with Crippen LogP contribution in [0.25, 0.3) is 0 Å². The number of rotatable bonds is 5. The number of nitrogens with one attached hydrogen (secondary N) is 1. The largest absolute Gasteiger partial charge is 0.433 e. The van der Waals surface area contributed by atoms with Crippen LogP contribution in [0.1, 0.15) is 19.0 Å². The molecular formula is C12H12F3N5S. The van der Waals surface area contributed by atoms with Gasteiger partial charge in [0.15, 0.2) is 10.9 Å². The van der Waals surface area contributed by atoms with Gasteiger partial charge < -0.3 is 5.32 Å². The molecule has 0 amide bonds. The molecule has 2 aromatic heterocycles. The zero-order valence-corrected chi connectivity index (χ0v) is 11.9. The van der Waals surface area contributed by atoms with Crippen LogP contribution in [0.3, 0.4) is 0 Å². The molecule has 1 N–H and O–H groups in total. The van der Waals surface area contributed by atoms with Gasteiger partial charge in [0.1, 0.15) is 5.03 Å². The van der Waals surface area contributed by atoms with Crippen LogP contribution in [0.2, 0.25) is 0 Å². The predicted molar refractivity (Wildman–Crippen MR) is 72.0 cm³/mol. The fourth-order valence-corrected chi connectivity index (χ4v) is 2.09. The Balaban J connectivity index is 2.30. The molecule has 0 unspecified atom stereocenters. The van der Waals surface area contributed by atoms with Crippen LogP contribution in [-0.4, -0.2) is 26.5 Å². The first-order chi connectivity index (χ1) is 9.99. The second-order valence-electron chi connectivity index (χ2n) is 3.97. The molecule has 0 radical (unpaired) electrons. The summed E-state index contributed by atoms with van der Waals surface area (Å²) in [5.41, 5.74) is -0.991. The smallest absolute Gasteiger partial charge is 0.354 e. The Labute approximate surface area is 123 Å². The highest BCUT2D eigenvalue weighted by atomic mass is 32.2. The van der Waals surface area contributed by atoms with E-state index in [0.29, 0.717) is 11.7 Å². The van der Waals surface area contributed by atoms with Gasteiger partial charge >= 0.3 is 6.18 Å². The van der Waals surface area contributed by atoms with E-state index in [0.717, 1.165) is 24.2 Å². The summed E-state index contributed by atoms with van der Waals surface area (Å²) in [7, 11) is 0. The minimum Gasteiger partial charge on any atom is -0.354 e. The van der Waals surface area contributed by atoms with Gasteiger partial charge in [0.25, 0.3) is 0 Å². The molecule has 0 saturated heterocycles. The lowest BCUT2D eigenvalue weighted by molar-refractivity contribution is -0.141. The third-order valence-corrected chi connectivity index (χ3v) is 3.08. The lowest BCUT2D eigenvalue weighted by atomic mass is 10.4. The molecule has 0 aliphatic carbocycles. The second-order valence-corrected chi connectivity index (χ2v) is 4.96. The summed E-state index contributed by atoms with van der Waals surface area (Å²) in [4.78, 5) is 15.4. The molecular weight excluding hydrogens is 303 g/mol. The molecule has 0 aromatic carbocycles. The molecule has 21 heavy (non-hydrogen) atoms. The molecule has 0 aliphatic rings. The van der Waals surface area contributed by atoms with E-state index in [1.165, 1.54) is 12.4 Å². The average molecular weight is 315 g/mol. The summed E-state index contributed by atoms with van der Waals surface area (Å²) < 4.78 is 38.6. The van der Waals surface area contributed by atoms with E-state index in [1.54, 1.807) is 6.07 Å². The monoisotopic (exact) mass is 315 g/mol. The highest BCUT2D eigenvalue weighted by molar-refractivity contribution is 7.99. The van der Waals surface area contributed by atoms with Gasteiger partial charge in [0.2, 0.25) is 5.95 Å². The molecule has 0 bridgehead atoms. The number of hydrogen-bond donors (Lipinski definition) is 1. The zero-order chi connectivity index (χ0) is 15.3. The summed E-state index contributed by atoms with van der Waals surface area (Å²) in [6.45, 7) is 2.39. The van der Waals surface area contributed by atoms with Crippen LogP contribution in [0, 0.1) is 0 Å². The van der Waals surface area contributed by atoms with Crippen molar-refractivity contribution in [2.75, 3.05) is 11.9 Å². The van der Waals surface area contributed by atoms with Crippen molar-refractivity contribution in [3.05, 3.63) is 30.2 Å². The van der Waals surface area contributed by atoms with Crippen molar-refractivity contribution >= 4 is 17.7 Å². The fourth-order valence-electron chi connectivity index (χ4n) is 1.37. The van der Waals surface area contributed by atoms with E-state index in [2.05, 4.69) is 25.3 Å². The van der Waals surface area contributed by atoms with E-state index >= 15 is 0 Å². The van der Waals surface area contributed by atoms with E-state index in [4.69, 9.17) is 0 Å². The molecule has 2 rings (SSSR count). The molecule has 0 spiro atoms. The normalized spacial score (nSPS) is 11.4. The third-order valence-electron chi connectivity index (χ3n) is 2.26. The summed E-state index contributed by atoms with van der Waals surface area (Å²) in [5.74, 6) is -0.0508. The molecule has 0 saturated carbocycles. The van der Waals surface area contributed by atoms with Crippen molar-refractivity contribution < 1.29 is 13.2 Å². The van der Waals surface area contributed by atoms with Gasteiger partial charge in [-0.3, -0.25) is 0 Å². The molecule has 9 heteroatoms. The van der Waals surface area contributed by atoms with Crippen molar-refractivity contribution in [2.45, 2.75) is 29.7 Å². The number of anilines is 1. The third kappa shape index (κ3) is 4.55. The van der Waals surface area contributed by atoms with Gasteiger partial charge in [0, 0.05) is 25.0 Å². The zero-order valence-electron chi connectivity index (χ0n) is 11.1. The van der Waals surface area contributed by atoms with Crippen LogP contribution >= 0.6 is 11.8 Å². The molecule has 5 nitrogen and oxygen atoms in total. The van der Waals surface area contributed by atoms with E-state index in [1.807, 2.05) is 6.92 Å². The first kappa shape index (κ1) is 15.5. The minimum absolute atomic E-state index is 0.0508. The van der Waals surface area contributed by atoms with Gasteiger partial charge in [0.05, 0.1) is 0 Å². The Morgan fingerprint density at radius 2 is 1.90 bits per heavy atom. The van der Waals surface area contributed by atoms with Crippen molar-refractivity contribution in [1.82, 2.24) is 19.9 Å². The van der Waals surface area contributed by atoms with Gasteiger partial charge in [-0.2, -0.15) is 13.2 Å². The van der Waals surface area contributed by atoms with Crippen molar-refractivity contribution in [1.29, 1.82) is 0 Å². The van der Waals surface area contributed by atoms with Gasteiger partial charge in [-0.1, -0.05) is 6.92 Å². The Bertz CT molecular complexity index is 591. The lowest BCUT2D eigenvalue weighted by Crippen LogP contribution is -2.13. The molecule has 2 aromatic rings. The maximum Gasteiger partial charge on any atom is 0.433 e. The van der Waals surface area contributed by atoms with E-state index in [9.17, 15) is 13.2 Å². The SMILES string of the molecule is CCCNc1nc(Sc2ncccn2)cc(C(F)(F)F)n1. The maximum absolute atomic E-state index is 12.9. The van der Waals surface area contributed by atoms with Gasteiger partial charge in [-0.15, -0.1) is 0 Å². The molecule has 112 valence electrons.